The number of anilines is 1. The molecule has 1 heterocycles. The molecule has 0 fully saturated rings. The summed E-state index contributed by atoms with van der Waals surface area (Å²) in [6, 6.07) is 0. The van der Waals surface area contributed by atoms with Gasteiger partial charge in [-0.05, 0) is 19.9 Å². The second-order valence-electron chi connectivity index (χ2n) is 4.66. The van der Waals surface area contributed by atoms with E-state index in [9.17, 15) is 0 Å². The minimum atomic E-state index is 0.674. The van der Waals surface area contributed by atoms with Gasteiger partial charge in [0.05, 0.1) is 5.69 Å². The lowest BCUT2D eigenvalue weighted by Gasteiger charge is -2.18. The third kappa shape index (κ3) is 2.96. The van der Waals surface area contributed by atoms with Crippen LogP contribution in [0.15, 0.2) is 0 Å². The van der Waals surface area contributed by atoms with Crippen LogP contribution in [0.2, 0.25) is 0 Å². The predicted octanol–water partition coefficient (Wildman–Crippen LogP) is 1.40. The second-order valence-corrected chi connectivity index (χ2v) is 4.66. The lowest BCUT2D eigenvalue weighted by molar-refractivity contribution is 0.288. The number of hydrogen-bond donors (Lipinski definition) is 1. The first-order chi connectivity index (χ1) is 6.91. The lowest BCUT2D eigenvalue weighted by atomic mass is 10.2. The number of aryl methyl sites for hydroxylation is 2. The summed E-state index contributed by atoms with van der Waals surface area (Å²) >= 11 is 0. The van der Waals surface area contributed by atoms with Gasteiger partial charge >= 0.3 is 0 Å². The van der Waals surface area contributed by atoms with Crippen molar-refractivity contribution in [3.8, 4) is 0 Å². The van der Waals surface area contributed by atoms with Crippen LogP contribution < -0.4 is 5.73 Å². The molecule has 1 rings (SSSR count). The van der Waals surface area contributed by atoms with Gasteiger partial charge in [-0.2, -0.15) is 5.10 Å². The van der Waals surface area contributed by atoms with Crippen molar-refractivity contribution in [2.24, 2.45) is 13.0 Å². The average molecular weight is 210 g/mol. The average Bonchev–Trinajstić information content (AvgIpc) is 2.31. The normalized spacial score (nSPS) is 11.7. The van der Waals surface area contributed by atoms with E-state index < -0.39 is 0 Å². The molecule has 1 aromatic heterocycles. The molecule has 0 radical (unpaired) electrons. The standard InChI is InChI=1S/C11H22N4/c1-8(2)6-14(4)7-10-9(3)13-15(5)11(10)12/h8H,6-7,12H2,1-5H3. The quantitative estimate of drug-likeness (QED) is 0.817. The molecule has 0 unspecified atom stereocenters. The molecule has 0 spiro atoms. The molecule has 0 aromatic carbocycles. The number of aromatic nitrogens is 2. The van der Waals surface area contributed by atoms with Gasteiger partial charge in [0.2, 0.25) is 0 Å². The molecule has 0 atom stereocenters. The molecule has 4 nitrogen and oxygen atoms in total. The van der Waals surface area contributed by atoms with Crippen LogP contribution in [0.25, 0.3) is 0 Å². The summed E-state index contributed by atoms with van der Waals surface area (Å²) in [6.45, 7) is 8.40. The number of nitrogens with zero attached hydrogens (tertiary/aromatic N) is 3. The highest BCUT2D eigenvalue weighted by Gasteiger charge is 2.12. The summed E-state index contributed by atoms with van der Waals surface area (Å²) < 4.78 is 1.74. The van der Waals surface area contributed by atoms with Crippen molar-refractivity contribution in [3.63, 3.8) is 0 Å². The minimum absolute atomic E-state index is 0.674. The van der Waals surface area contributed by atoms with Crippen LogP contribution in [-0.4, -0.2) is 28.3 Å². The fourth-order valence-corrected chi connectivity index (χ4v) is 1.87. The van der Waals surface area contributed by atoms with Crippen molar-refractivity contribution in [2.45, 2.75) is 27.3 Å². The van der Waals surface area contributed by atoms with Gasteiger partial charge in [-0.15, -0.1) is 0 Å². The molecule has 15 heavy (non-hydrogen) atoms. The van der Waals surface area contributed by atoms with E-state index in [0.717, 1.165) is 30.2 Å². The maximum Gasteiger partial charge on any atom is 0.126 e. The Balaban J connectivity index is 2.71. The van der Waals surface area contributed by atoms with Crippen LogP contribution in [-0.2, 0) is 13.6 Å². The molecule has 0 saturated carbocycles. The van der Waals surface area contributed by atoms with Gasteiger partial charge in [0.15, 0.2) is 0 Å². The molecule has 0 aliphatic heterocycles. The third-order valence-corrected chi connectivity index (χ3v) is 2.50. The van der Waals surface area contributed by atoms with Gasteiger partial charge in [0.1, 0.15) is 5.82 Å². The number of hydrogen-bond acceptors (Lipinski definition) is 3. The van der Waals surface area contributed by atoms with Gasteiger partial charge in [-0.3, -0.25) is 4.68 Å². The fraction of sp³-hybridized carbons (Fsp3) is 0.727. The van der Waals surface area contributed by atoms with E-state index in [1.165, 1.54) is 0 Å². The van der Waals surface area contributed by atoms with E-state index in [1.807, 2.05) is 14.0 Å². The maximum atomic E-state index is 5.96. The van der Waals surface area contributed by atoms with Crippen molar-refractivity contribution in [3.05, 3.63) is 11.3 Å². The first-order valence-corrected chi connectivity index (χ1v) is 5.38. The SMILES string of the molecule is Cc1nn(C)c(N)c1CN(C)CC(C)C. The monoisotopic (exact) mass is 210 g/mol. The molecule has 0 amide bonds. The number of rotatable bonds is 4. The van der Waals surface area contributed by atoms with Gasteiger partial charge in [-0.1, -0.05) is 13.8 Å². The van der Waals surface area contributed by atoms with Gasteiger partial charge < -0.3 is 10.6 Å². The molecule has 86 valence electrons. The summed E-state index contributed by atoms with van der Waals surface area (Å²) in [6.07, 6.45) is 0. The predicted molar refractivity (Wildman–Crippen MR) is 63.5 cm³/mol. The summed E-state index contributed by atoms with van der Waals surface area (Å²) in [5.74, 6) is 1.45. The Bertz CT molecular complexity index is 328. The van der Waals surface area contributed by atoms with E-state index in [4.69, 9.17) is 5.73 Å². The van der Waals surface area contributed by atoms with Crippen LogP contribution in [0.5, 0.6) is 0 Å². The minimum Gasteiger partial charge on any atom is -0.384 e. The van der Waals surface area contributed by atoms with Crippen LogP contribution in [0.4, 0.5) is 5.82 Å². The second kappa shape index (κ2) is 4.66. The van der Waals surface area contributed by atoms with Gasteiger partial charge in [-0.25, -0.2) is 0 Å². The van der Waals surface area contributed by atoms with Crippen LogP contribution >= 0.6 is 0 Å². The Hall–Kier alpha value is -1.03. The Morgan fingerprint density at radius 1 is 1.47 bits per heavy atom. The summed E-state index contributed by atoms with van der Waals surface area (Å²) in [5.41, 5.74) is 8.14. The maximum absolute atomic E-state index is 5.96. The topological polar surface area (TPSA) is 47.1 Å². The Morgan fingerprint density at radius 3 is 2.47 bits per heavy atom. The highest BCUT2D eigenvalue weighted by Crippen LogP contribution is 2.17. The number of nitrogen functional groups attached to an aromatic ring is 1. The molecular formula is C11H22N4. The van der Waals surface area contributed by atoms with Crippen LogP contribution in [0.1, 0.15) is 25.1 Å². The molecular weight excluding hydrogens is 188 g/mol. The Morgan fingerprint density at radius 2 is 2.07 bits per heavy atom. The van der Waals surface area contributed by atoms with E-state index in [2.05, 4.69) is 30.9 Å². The zero-order valence-corrected chi connectivity index (χ0v) is 10.4. The zero-order chi connectivity index (χ0) is 11.6. The third-order valence-electron chi connectivity index (χ3n) is 2.50. The molecule has 2 N–H and O–H groups in total. The van der Waals surface area contributed by atoms with Crippen LogP contribution in [0, 0.1) is 12.8 Å². The highest BCUT2D eigenvalue weighted by atomic mass is 15.3. The van der Waals surface area contributed by atoms with Crippen molar-refractivity contribution in [2.75, 3.05) is 19.3 Å². The lowest BCUT2D eigenvalue weighted by Crippen LogP contribution is -2.23. The number of nitrogens with two attached hydrogens (primary N) is 1. The van der Waals surface area contributed by atoms with Crippen LogP contribution in [0.3, 0.4) is 0 Å². The first kappa shape index (κ1) is 12.0. The van der Waals surface area contributed by atoms with E-state index in [1.54, 1.807) is 4.68 Å². The molecule has 0 aliphatic rings. The zero-order valence-electron chi connectivity index (χ0n) is 10.4. The highest BCUT2D eigenvalue weighted by molar-refractivity contribution is 5.42. The largest absolute Gasteiger partial charge is 0.384 e. The molecule has 0 saturated heterocycles. The summed E-state index contributed by atoms with van der Waals surface area (Å²) in [4.78, 5) is 2.28. The molecule has 4 heteroatoms. The summed E-state index contributed by atoms with van der Waals surface area (Å²) in [7, 11) is 4.00. The molecule has 1 aromatic rings. The van der Waals surface area contributed by atoms with E-state index >= 15 is 0 Å². The van der Waals surface area contributed by atoms with E-state index in [-0.39, 0.29) is 0 Å². The Labute approximate surface area is 92.1 Å². The van der Waals surface area contributed by atoms with Crippen molar-refractivity contribution in [1.29, 1.82) is 0 Å². The van der Waals surface area contributed by atoms with Crippen molar-refractivity contribution in [1.82, 2.24) is 14.7 Å². The fourth-order valence-electron chi connectivity index (χ4n) is 1.87. The van der Waals surface area contributed by atoms with Gasteiger partial charge in [0, 0.05) is 25.7 Å². The van der Waals surface area contributed by atoms with Crippen molar-refractivity contribution < 1.29 is 0 Å². The first-order valence-electron chi connectivity index (χ1n) is 5.38. The van der Waals surface area contributed by atoms with E-state index in [0.29, 0.717) is 5.92 Å². The van der Waals surface area contributed by atoms with Gasteiger partial charge in [0.25, 0.3) is 0 Å². The van der Waals surface area contributed by atoms with Crippen molar-refractivity contribution >= 4 is 5.82 Å². The molecule has 0 aliphatic carbocycles. The summed E-state index contributed by atoms with van der Waals surface area (Å²) in [5, 5.41) is 4.31. The Kier molecular flexibility index (Phi) is 3.74. The smallest absolute Gasteiger partial charge is 0.126 e. The molecule has 0 bridgehead atoms.